The Labute approximate surface area is 145 Å². The number of rotatable bonds is 5. The molecule has 3 rings (SSSR count). The number of likely N-dealkylation sites (N-methyl/N-ethyl adjacent to an activating group) is 1. The lowest BCUT2D eigenvalue weighted by molar-refractivity contribution is 0.113. The van der Waals surface area contributed by atoms with Gasteiger partial charge in [-0.15, -0.1) is 0 Å². The van der Waals surface area contributed by atoms with Gasteiger partial charge in [0.2, 0.25) is 0 Å². The van der Waals surface area contributed by atoms with E-state index in [4.69, 9.17) is 0 Å². The standard InChI is InChI=1S/C19H26N2O2S/c1-3-20-10-12-21(13-11-20)16(2)15-24(22,23)19-9-8-17-6-4-5-7-18(17)14-19/h4-9,14,16H,3,10-13,15H2,1-2H3/t16-/m1/s1. The summed E-state index contributed by atoms with van der Waals surface area (Å²) in [6.45, 7) is 9.21. The van der Waals surface area contributed by atoms with Crippen LogP contribution in [0, 0.1) is 0 Å². The van der Waals surface area contributed by atoms with Crippen molar-refractivity contribution in [1.82, 2.24) is 9.80 Å². The quantitative estimate of drug-likeness (QED) is 0.834. The van der Waals surface area contributed by atoms with Crippen molar-refractivity contribution in [3.8, 4) is 0 Å². The molecule has 24 heavy (non-hydrogen) atoms. The van der Waals surface area contributed by atoms with E-state index in [1.165, 1.54) is 0 Å². The third-order valence-electron chi connectivity index (χ3n) is 5.02. The highest BCUT2D eigenvalue weighted by Gasteiger charge is 2.25. The summed E-state index contributed by atoms with van der Waals surface area (Å²) in [5, 5.41) is 2.04. The average Bonchev–Trinajstić information content (AvgIpc) is 2.61. The molecular formula is C19H26N2O2S. The molecule has 1 atom stereocenters. The number of sulfone groups is 1. The molecule has 0 radical (unpaired) electrons. The maximum absolute atomic E-state index is 12.8. The van der Waals surface area contributed by atoms with Crippen LogP contribution >= 0.6 is 0 Å². The minimum atomic E-state index is -3.27. The first-order valence-corrected chi connectivity index (χ1v) is 10.3. The van der Waals surface area contributed by atoms with E-state index in [1.54, 1.807) is 12.1 Å². The summed E-state index contributed by atoms with van der Waals surface area (Å²) in [6, 6.07) is 13.3. The van der Waals surface area contributed by atoms with Crippen molar-refractivity contribution in [2.24, 2.45) is 0 Å². The van der Waals surface area contributed by atoms with Gasteiger partial charge >= 0.3 is 0 Å². The van der Waals surface area contributed by atoms with Gasteiger partial charge in [0.1, 0.15) is 0 Å². The van der Waals surface area contributed by atoms with Crippen molar-refractivity contribution in [3.63, 3.8) is 0 Å². The Morgan fingerprint density at radius 2 is 1.67 bits per heavy atom. The van der Waals surface area contributed by atoms with Crippen molar-refractivity contribution in [2.45, 2.75) is 24.8 Å². The predicted molar refractivity (Wildman–Crippen MR) is 99.1 cm³/mol. The molecule has 2 aromatic carbocycles. The summed E-state index contributed by atoms with van der Waals surface area (Å²) in [4.78, 5) is 5.13. The van der Waals surface area contributed by atoms with Crippen LogP contribution in [0.2, 0.25) is 0 Å². The Kier molecular flexibility index (Phi) is 5.23. The van der Waals surface area contributed by atoms with E-state index in [2.05, 4.69) is 16.7 Å². The van der Waals surface area contributed by atoms with Gasteiger partial charge < -0.3 is 4.90 Å². The first-order chi connectivity index (χ1) is 11.5. The lowest BCUT2D eigenvalue weighted by Crippen LogP contribution is -2.50. The first-order valence-electron chi connectivity index (χ1n) is 8.67. The van der Waals surface area contributed by atoms with E-state index in [0.717, 1.165) is 43.5 Å². The largest absolute Gasteiger partial charge is 0.301 e. The molecule has 0 amide bonds. The summed E-state index contributed by atoms with van der Waals surface area (Å²) < 4.78 is 25.6. The van der Waals surface area contributed by atoms with Crippen molar-refractivity contribution in [2.75, 3.05) is 38.5 Å². The van der Waals surface area contributed by atoms with E-state index in [-0.39, 0.29) is 11.8 Å². The molecule has 0 aromatic heterocycles. The number of benzene rings is 2. The number of hydrogen-bond acceptors (Lipinski definition) is 4. The lowest BCUT2D eigenvalue weighted by Gasteiger charge is -2.37. The third kappa shape index (κ3) is 3.79. The van der Waals surface area contributed by atoms with Crippen molar-refractivity contribution in [1.29, 1.82) is 0 Å². The van der Waals surface area contributed by atoms with Gasteiger partial charge in [-0.05, 0) is 36.4 Å². The molecule has 1 fully saturated rings. The van der Waals surface area contributed by atoms with E-state index < -0.39 is 9.84 Å². The molecule has 0 unspecified atom stereocenters. The van der Waals surface area contributed by atoms with Crippen LogP contribution in [0.25, 0.3) is 10.8 Å². The summed E-state index contributed by atoms with van der Waals surface area (Å²) in [5.74, 6) is 0.178. The van der Waals surface area contributed by atoms with Crippen LogP contribution in [-0.2, 0) is 9.84 Å². The van der Waals surface area contributed by atoms with E-state index >= 15 is 0 Å². The molecule has 2 aromatic rings. The Morgan fingerprint density at radius 1 is 1.00 bits per heavy atom. The zero-order valence-corrected chi connectivity index (χ0v) is 15.3. The summed E-state index contributed by atoms with van der Waals surface area (Å²) >= 11 is 0. The molecule has 0 N–H and O–H groups in total. The maximum atomic E-state index is 12.8. The lowest BCUT2D eigenvalue weighted by atomic mass is 10.1. The molecule has 0 saturated carbocycles. The first kappa shape index (κ1) is 17.4. The fraction of sp³-hybridized carbons (Fsp3) is 0.474. The highest BCUT2D eigenvalue weighted by molar-refractivity contribution is 7.91. The fourth-order valence-corrected chi connectivity index (χ4v) is 5.02. The van der Waals surface area contributed by atoms with Crippen LogP contribution in [0.15, 0.2) is 47.4 Å². The van der Waals surface area contributed by atoms with E-state index in [9.17, 15) is 8.42 Å². The van der Waals surface area contributed by atoms with Crippen molar-refractivity contribution in [3.05, 3.63) is 42.5 Å². The number of fused-ring (bicyclic) bond motifs is 1. The molecule has 4 nitrogen and oxygen atoms in total. The van der Waals surface area contributed by atoms with Crippen LogP contribution in [0.3, 0.4) is 0 Å². The maximum Gasteiger partial charge on any atom is 0.179 e. The molecule has 0 bridgehead atoms. The normalized spacial score (nSPS) is 18.8. The molecule has 1 saturated heterocycles. The molecule has 5 heteroatoms. The van der Waals surface area contributed by atoms with Gasteiger partial charge in [0, 0.05) is 32.2 Å². The number of piperazine rings is 1. The highest BCUT2D eigenvalue weighted by atomic mass is 32.2. The number of hydrogen-bond donors (Lipinski definition) is 0. The SMILES string of the molecule is CCN1CCN([C@H](C)CS(=O)(=O)c2ccc3ccccc3c2)CC1. The number of nitrogens with zero attached hydrogens (tertiary/aromatic N) is 2. The minimum Gasteiger partial charge on any atom is -0.301 e. The van der Waals surface area contributed by atoms with Gasteiger partial charge in [-0.3, -0.25) is 4.90 Å². The Bertz CT molecular complexity index is 796. The van der Waals surface area contributed by atoms with Gasteiger partial charge in [0.25, 0.3) is 0 Å². The second kappa shape index (κ2) is 7.21. The Balaban J connectivity index is 1.72. The molecule has 1 aliphatic heterocycles. The van der Waals surface area contributed by atoms with Crippen LogP contribution in [-0.4, -0.2) is 62.7 Å². The highest BCUT2D eigenvalue weighted by Crippen LogP contribution is 2.21. The van der Waals surface area contributed by atoms with Crippen molar-refractivity contribution < 1.29 is 8.42 Å². The summed E-state index contributed by atoms with van der Waals surface area (Å²) in [7, 11) is -3.27. The molecule has 0 spiro atoms. The van der Waals surface area contributed by atoms with Gasteiger partial charge in [-0.25, -0.2) is 8.42 Å². The molecular weight excluding hydrogens is 320 g/mol. The van der Waals surface area contributed by atoms with E-state index in [0.29, 0.717) is 4.90 Å². The molecule has 1 heterocycles. The second-order valence-electron chi connectivity index (χ2n) is 6.61. The monoisotopic (exact) mass is 346 g/mol. The third-order valence-corrected chi connectivity index (χ3v) is 6.91. The van der Waals surface area contributed by atoms with Crippen LogP contribution in [0.1, 0.15) is 13.8 Å². The van der Waals surface area contributed by atoms with Gasteiger partial charge in [0.15, 0.2) is 9.84 Å². The van der Waals surface area contributed by atoms with Crippen LogP contribution in [0.4, 0.5) is 0 Å². The van der Waals surface area contributed by atoms with Crippen LogP contribution in [0.5, 0.6) is 0 Å². The average molecular weight is 346 g/mol. The topological polar surface area (TPSA) is 40.6 Å². The molecule has 130 valence electrons. The summed E-state index contributed by atoms with van der Waals surface area (Å²) in [6.07, 6.45) is 0. The smallest absolute Gasteiger partial charge is 0.179 e. The molecule has 0 aliphatic carbocycles. The Morgan fingerprint density at radius 3 is 2.33 bits per heavy atom. The van der Waals surface area contributed by atoms with Crippen molar-refractivity contribution >= 4 is 20.6 Å². The zero-order valence-electron chi connectivity index (χ0n) is 14.5. The van der Waals surface area contributed by atoms with Crippen LogP contribution < -0.4 is 0 Å². The van der Waals surface area contributed by atoms with Gasteiger partial charge in [-0.1, -0.05) is 37.3 Å². The summed E-state index contributed by atoms with van der Waals surface area (Å²) in [5.41, 5.74) is 0. The second-order valence-corrected chi connectivity index (χ2v) is 8.64. The minimum absolute atomic E-state index is 0.0421. The molecule has 1 aliphatic rings. The fourth-order valence-electron chi connectivity index (χ4n) is 3.40. The predicted octanol–water partition coefficient (Wildman–Crippen LogP) is 2.64. The van der Waals surface area contributed by atoms with Gasteiger partial charge in [0.05, 0.1) is 10.6 Å². The van der Waals surface area contributed by atoms with Gasteiger partial charge in [-0.2, -0.15) is 0 Å². The zero-order chi connectivity index (χ0) is 17.2. The van der Waals surface area contributed by atoms with E-state index in [1.807, 2.05) is 37.3 Å². The Hall–Kier alpha value is -1.43.